The van der Waals surface area contributed by atoms with Crippen LogP contribution in [0.25, 0.3) is 0 Å². The molecule has 1 aromatic rings. The van der Waals surface area contributed by atoms with E-state index in [0.717, 1.165) is 15.9 Å². The van der Waals surface area contributed by atoms with Crippen molar-refractivity contribution in [2.45, 2.75) is 12.3 Å². The van der Waals surface area contributed by atoms with Gasteiger partial charge in [-0.2, -0.15) is 13.2 Å². The molecule has 1 N–H and O–H groups in total. The average molecular weight is 451 g/mol. The minimum atomic E-state index is -5.20. The molecule has 3 rings (SSSR count). The number of benzene rings is 1. The van der Waals surface area contributed by atoms with Crippen LogP contribution in [-0.4, -0.2) is 61.9 Å². The van der Waals surface area contributed by atoms with Crippen molar-refractivity contribution in [3.63, 3.8) is 0 Å². The second kappa shape index (κ2) is 8.30. The minimum Gasteiger partial charge on any atom is -0.447 e. The number of cyclic esters (lactones) is 2. The number of rotatable bonds is 4. The molecule has 2 amide bonds. The number of carbonyl (C=O) groups excluding carboxylic acids is 3. The van der Waals surface area contributed by atoms with E-state index in [9.17, 15) is 31.9 Å². The van der Waals surface area contributed by atoms with E-state index in [4.69, 9.17) is 9.47 Å². The summed E-state index contributed by atoms with van der Waals surface area (Å²) in [6, 6.07) is 3.74. The molecule has 0 aromatic heterocycles. The van der Waals surface area contributed by atoms with Crippen LogP contribution in [0.2, 0.25) is 0 Å². The van der Waals surface area contributed by atoms with Gasteiger partial charge in [-0.25, -0.2) is 18.8 Å². The first-order chi connectivity index (χ1) is 14.1. The topological polar surface area (TPSA) is 97.4 Å². The molecule has 2 saturated heterocycles. The van der Waals surface area contributed by atoms with Crippen LogP contribution in [0.15, 0.2) is 18.2 Å². The summed E-state index contributed by atoms with van der Waals surface area (Å²) in [5, 5.41) is 1.40. The lowest BCUT2D eigenvalue weighted by Crippen LogP contribution is -2.38. The summed E-state index contributed by atoms with van der Waals surface area (Å²) >= 11 is 4.48. The van der Waals surface area contributed by atoms with Gasteiger partial charge in [0.05, 0.1) is 31.0 Å². The Morgan fingerprint density at radius 1 is 1.27 bits per heavy atom. The number of nitrogens with zero attached hydrogens (tertiary/aromatic N) is 2. The SMILES string of the molecule is O=C1OC(CNC(=S)OC(=O)C(F)(F)F)CN1c1ccc(N2CCOC2=O)c(F)c1. The van der Waals surface area contributed by atoms with E-state index >= 15 is 0 Å². The number of thiocarbonyl (C=S) groups is 1. The number of anilines is 2. The number of ether oxygens (including phenoxy) is 3. The summed E-state index contributed by atoms with van der Waals surface area (Å²) < 4.78 is 64.5. The van der Waals surface area contributed by atoms with Gasteiger partial charge in [0.15, 0.2) is 0 Å². The lowest BCUT2D eigenvalue weighted by atomic mass is 10.2. The Balaban J connectivity index is 1.58. The van der Waals surface area contributed by atoms with Crippen LogP contribution in [0.4, 0.5) is 38.5 Å². The van der Waals surface area contributed by atoms with E-state index < -0.39 is 41.4 Å². The molecule has 162 valence electrons. The number of amides is 2. The molecule has 2 fully saturated rings. The number of halogens is 4. The quantitative estimate of drug-likeness (QED) is 0.322. The average Bonchev–Trinajstić information content (AvgIpc) is 3.24. The van der Waals surface area contributed by atoms with Gasteiger partial charge in [-0.15, -0.1) is 0 Å². The Kier molecular flexibility index (Phi) is 5.96. The van der Waals surface area contributed by atoms with Crippen LogP contribution >= 0.6 is 12.2 Å². The van der Waals surface area contributed by atoms with Crippen LogP contribution in [0.3, 0.4) is 0 Å². The van der Waals surface area contributed by atoms with Gasteiger partial charge in [0.25, 0.3) is 5.17 Å². The molecule has 0 radical (unpaired) electrons. The second-order valence-corrected chi connectivity index (χ2v) is 6.44. The van der Waals surface area contributed by atoms with E-state index in [1.807, 2.05) is 0 Å². The lowest BCUT2D eigenvalue weighted by Gasteiger charge is -2.17. The predicted octanol–water partition coefficient (Wildman–Crippen LogP) is 2.09. The predicted molar refractivity (Wildman–Crippen MR) is 95.5 cm³/mol. The van der Waals surface area contributed by atoms with Crippen LogP contribution < -0.4 is 15.1 Å². The first-order valence-electron chi connectivity index (χ1n) is 8.35. The van der Waals surface area contributed by atoms with Crippen LogP contribution in [0.1, 0.15) is 0 Å². The molecule has 2 heterocycles. The first kappa shape index (κ1) is 21.5. The number of nitrogens with one attached hydrogen (secondary N) is 1. The Hall–Kier alpha value is -3.16. The molecule has 0 spiro atoms. The zero-order valence-electron chi connectivity index (χ0n) is 14.9. The normalized spacial score (nSPS) is 18.9. The molecule has 2 aliphatic rings. The molecule has 9 nitrogen and oxygen atoms in total. The zero-order chi connectivity index (χ0) is 22.1. The number of alkyl halides is 3. The highest BCUT2D eigenvalue weighted by Gasteiger charge is 2.42. The largest absolute Gasteiger partial charge is 0.491 e. The van der Waals surface area contributed by atoms with Crippen molar-refractivity contribution in [3.05, 3.63) is 24.0 Å². The summed E-state index contributed by atoms with van der Waals surface area (Å²) in [7, 11) is 0. The van der Waals surface area contributed by atoms with Gasteiger partial charge in [-0.05, 0) is 30.4 Å². The third-order valence-corrected chi connectivity index (χ3v) is 4.29. The minimum absolute atomic E-state index is 0.0103. The summed E-state index contributed by atoms with van der Waals surface area (Å²) in [4.78, 5) is 36.5. The molecule has 0 aliphatic carbocycles. The standard InChI is InChI=1S/C16H13F4N3O6S/c17-10-5-8(1-2-11(10)22-3-4-27-14(22)25)23-7-9(28-15(23)26)6-21-13(30)29-12(24)16(18,19)20/h1-2,5,9H,3-4,6-7H2,(H,21,30). The highest BCUT2D eigenvalue weighted by atomic mass is 32.1. The Morgan fingerprint density at radius 3 is 2.60 bits per heavy atom. The number of esters is 1. The maximum absolute atomic E-state index is 14.4. The molecule has 2 aliphatic heterocycles. The van der Waals surface area contributed by atoms with Gasteiger partial charge in [0.2, 0.25) is 0 Å². The van der Waals surface area contributed by atoms with Crippen LogP contribution in [0, 0.1) is 5.82 Å². The van der Waals surface area contributed by atoms with Gasteiger partial charge in [0.1, 0.15) is 18.5 Å². The highest BCUT2D eigenvalue weighted by Crippen LogP contribution is 2.29. The lowest BCUT2D eigenvalue weighted by molar-refractivity contribution is -0.191. The van der Waals surface area contributed by atoms with Gasteiger partial charge < -0.3 is 19.5 Å². The van der Waals surface area contributed by atoms with Gasteiger partial charge >= 0.3 is 24.3 Å². The molecule has 1 aromatic carbocycles. The zero-order valence-corrected chi connectivity index (χ0v) is 15.7. The van der Waals surface area contributed by atoms with E-state index in [1.165, 1.54) is 12.1 Å². The van der Waals surface area contributed by atoms with Crippen molar-refractivity contribution in [3.8, 4) is 0 Å². The monoisotopic (exact) mass is 451 g/mol. The fourth-order valence-corrected chi connectivity index (χ4v) is 2.87. The first-order valence-corrected chi connectivity index (χ1v) is 8.76. The van der Waals surface area contributed by atoms with Crippen molar-refractivity contribution in [1.82, 2.24) is 5.32 Å². The molecular formula is C16H13F4N3O6S. The van der Waals surface area contributed by atoms with Crippen molar-refractivity contribution < 1.29 is 46.2 Å². The van der Waals surface area contributed by atoms with E-state index in [0.29, 0.717) is 0 Å². The Labute approximate surface area is 171 Å². The van der Waals surface area contributed by atoms with E-state index in [2.05, 4.69) is 22.3 Å². The summed E-state index contributed by atoms with van der Waals surface area (Å²) in [6.07, 6.45) is -7.58. The molecular weight excluding hydrogens is 438 g/mol. The molecule has 1 unspecified atom stereocenters. The van der Waals surface area contributed by atoms with Gasteiger partial charge in [-0.3, -0.25) is 9.80 Å². The maximum Gasteiger partial charge on any atom is 0.491 e. The molecule has 14 heteroatoms. The number of hydrogen-bond acceptors (Lipinski definition) is 7. The third-order valence-electron chi connectivity index (χ3n) is 4.06. The molecule has 30 heavy (non-hydrogen) atoms. The molecule has 0 bridgehead atoms. The van der Waals surface area contributed by atoms with Crippen molar-refractivity contribution in [2.75, 3.05) is 36.0 Å². The van der Waals surface area contributed by atoms with Crippen molar-refractivity contribution >= 4 is 46.9 Å². The van der Waals surface area contributed by atoms with Crippen LogP contribution in [-0.2, 0) is 19.0 Å². The maximum atomic E-state index is 14.4. The molecule has 0 saturated carbocycles. The van der Waals surface area contributed by atoms with E-state index in [-0.39, 0.29) is 37.6 Å². The highest BCUT2D eigenvalue weighted by molar-refractivity contribution is 7.80. The van der Waals surface area contributed by atoms with Gasteiger partial charge in [-0.1, -0.05) is 0 Å². The van der Waals surface area contributed by atoms with E-state index in [1.54, 1.807) is 0 Å². The van der Waals surface area contributed by atoms with Crippen LogP contribution in [0.5, 0.6) is 0 Å². The number of carbonyl (C=O) groups is 3. The second-order valence-electron chi connectivity index (χ2n) is 6.07. The third kappa shape index (κ3) is 4.69. The van der Waals surface area contributed by atoms with Crippen molar-refractivity contribution in [2.24, 2.45) is 0 Å². The van der Waals surface area contributed by atoms with Crippen molar-refractivity contribution in [1.29, 1.82) is 0 Å². The smallest absolute Gasteiger partial charge is 0.447 e. The fourth-order valence-electron chi connectivity index (χ4n) is 2.71. The fraction of sp³-hybridized carbons (Fsp3) is 0.375. The summed E-state index contributed by atoms with van der Waals surface area (Å²) in [6.45, 7) is -0.000670. The Bertz CT molecular complexity index is 896. The Morgan fingerprint density at radius 2 is 2.00 bits per heavy atom. The number of hydrogen-bond donors (Lipinski definition) is 1. The summed E-state index contributed by atoms with van der Waals surface area (Å²) in [5.74, 6) is -3.25. The summed E-state index contributed by atoms with van der Waals surface area (Å²) in [5.41, 5.74) is 0.131. The van der Waals surface area contributed by atoms with Gasteiger partial charge in [0, 0.05) is 0 Å². The molecule has 1 atom stereocenters.